The Labute approximate surface area is 256 Å². The Hall–Kier alpha value is -5.67. The van der Waals surface area contributed by atoms with E-state index in [9.17, 15) is 43.8 Å². The van der Waals surface area contributed by atoms with E-state index in [0.717, 1.165) is 4.90 Å². The Kier molecular flexibility index (Phi) is 10.7. The lowest BCUT2D eigenvalue weighted by molar-refractivity contribution is -0.160. The van der Waals surface area contributed by atoms with Gasteiger partial charge in [-0.15, -0.1) is 0 Å². The van der Waals surface area contributed by atoms with E-state index in [4.69, 9.17) is 19.9 Å². The Morgan fingerprint density at radius 2 is 1.56 bits per heavy atom. The van der Waals surface area contributed by atoms with Crippen LogP contribution in [0.3, 0.4) is 0 Å². The molecular formula is C29H32N4O12. The molecule has 0 bridgehead atoms. The average molecular weight is 629 g/mol. The van der Waals surface area contributed by atoms with Crippen LogP contribution in [-0.4, -0.2) is 87.7 Å². The maximum Gasteiger partial charge on any atom is 0.409 e. The van der Waals surface area contributed by atoms with Crippen LogP contribution in [-0.2, 0) is 23.9 Å². The van der Waals surface area contributed by atoms with Crippen LogP contribution in [0.25, 0.3) is 0 Å². The summed E-state index contributed by atoms with van der Waals surface area (Å²) in [6.45, 7) is 4.62. The summed E-state index contributed by atoms with van der Waals surface area (Å²) in [6.07, 6.45) is -2.04. The zero-order valence-electron chi connectivity index (χ0n) is 24.5. The second kappa shape index (κ2) is 14.2. The number of hydrogen-bond donors (Lipinski definition) is 5. The molecule has 0 aliphatic carbocycles. The second-order valence-corrected chi connectivity index (χ2v) is 10.8. The number of nitrogens with zero attached hydrogens (tertiary/aromatic N) is 1. The van der Waals surface area contributed by atoms with Gasteiger partial charge in [0.15, 0.2) is 6.04 Å². The lowest BCUT2D eigenvalue weighted by Gasteiger charge is -2.42. The molecule has 1 saturated heterocycles. The number of ether oxygens (including phenoxy) is 3. The van der Waals surface area contributed by atoms with Gasteiger partial charge in [-0.25, -0.2) is 19.2 Å². The smallest absolute Gasteiger partial charge is 0.409 e. The molecule has 240 valence electrons. The minimum Gasteiger partial charge on any atom is -0.494 e. The molecule has 16 nitrogen and oxygen atoms in total. The number of alkyl carbamates (subject to hydrolysis) is 1. The van der Waals surface area contributed by atoms with Crippen LogP contribution in [0.15, 0.2) is 48.5 Å². The Morgan fingerprint density at radius 3 is 2.07 bits per heavy atom. The highest BCUT2D eigenvalue weighted by Crippen LogP contribution is 2.29. The minimum atomic E-state index is -1.39. The summed E-state index contributed by atoms with van der Waals surface area (Å²) in [5.74, 6) is -5.05. The third-order valence-corrected chi connectivity index (χ3v) is 6.21. The van der Waals surface area contributed by atoms with Gasteiger partial charge in [-0.05, 0) is 62.7 Å². The first kappa shape index (κ1) is 33.8. The molecule has 0 saturated carbocycles. The predicted molar refractivity (Wildman–Crippen MR) is 152 cm³/mol. The molecule has 1 aliphatic heterocycles. The van der Waals surface area contributed by atoms with E-state index < -0.39 is 65.4 Å². The number of β-lactam (4-membered cyclic amide) rings is 1. The number of nitrogens with one attached hydrogen (secondary N) is 2. The fourth-order valence-corrected chi connectivity index (χ4v) is 4.14. The lowest BCUT2D eigenvalue weighted by Crippen LogP contribution is -2.66. The minimum absolute atomic E-state index is 0.0276. The number of carbonyl (C=O) groups excluding carboxylic acids is 5. The monoisotopic (exact) mass is 628 g/mol. The van der Waals surface area contributed by atoms with E-state index in [1.165, 1.54) is 48.5 Å². The zero-order valence-corrected chi connectivity index (χ0v) is 24.5. The molecule has 1 heterocycles. The van der Waals surface area contributed by atoms with Crippen molar-refractivity contribution in [3.63, 3.8) is 0 Å². The number of amides is 4. The predicted octanol–water partition coefficient (Wildman–Crippen LogP) is 1.23. The van der Waals surface area contributed by atoms with Crippen LogP contribution in [0.5, 0.6) is 11.5 Å². The number of carboxylic acid groups (broad SMARTS) is 2. The number of ketones is 1. The van der Waals surface area contributed by atoms with E-state index in [-0.39, 0.29) is 42.2 Å². The second-order valence-electron chi connectivity index (χ2n) is 10.8. The van der Waals surface area contributed by atoms with Crippen LogP contribution >= 0.6 is 0 Å². The number of rotatable bonds is 13. The number of carboxylic acids is 2. The molecule has 1 fully saturated rings. The molecule has 16 heteroatoms. The van der Waals surface area contributed by atoms with Gasteiger partial charge >= 0.3 is 24.1 Å². The van der Waals surface area contributed by atoms with Crippen molar-refractivity contribution in [2.45, 2.75) is 50.9 Å². The first-order valence-corrected chi connectivity index (χ1v) is 13.5. The van der Waals surface area contributed by atoms with Crippen molar-refractivity contribution in [2.24, 2.45) is 5.73 Å². The standard InChI is InChI=1S/C29H32N4O12/c1-29(2,3)45-28(42)32-19(25(37)38)12-13-43-17-8-6-16(7-9-17)22(34)23(35)31-20-14-33(24(20)36)21(26(39)40)15-4-10-18(11-5-15)44-27(30)41/h4-11,19-21H,12-14H2,1-3H3,(H2,30,41)(H,31,35)(H,32,42)(H,37,38)(H,39,40). The molecule has 2 aromatic rings. The van der Waals surface area contributed by atoms with Crippen molar-refractivity contribution in [2.75, 3.05) is 13.2 Å². The maximum absolute atomic E-state index is 12.7. The molecule has 3 atom stereocenters. The van der Waals surface area contributed by atoms with Crippen LogP contribution in [0, 0.1) is 0 Å². The highest BCUT2D eigenvalue weighted by Gasteiger charge is 2.45. The fourth-order valence-electron chi connectivity index (χ4n) is 4.14. The fraction of sp³-hybridized carbons (Fsp3) is 0.345. The summed E-state index contributed by atoms with van der Waals surface area (Å²) < 4.78 is 15.2. The third kappa shape index (κ3) is 9.41. The summed E-state index contributed by atoms with van der Waals surface area (Å²) >= 11 is 0. The summed E-state index contributed by atoms with van der Waals surface area (Å²) in [7, 11) is 0. The number of aliphatic carboxylic acids is 2. The molecule has 4 amide bonds. The number of Topliss-reactive ketones (excluding diaryl/α,β-unsaturated/α-hetero) is 1. The van der Waals surface area contributed by atoms with Crippen LogP contribution < -0.4 is 25.8 Å². The molecule has 3 unspecified atom stereocenters. The summed E-state index contributed by atoms with van der Waals surface area (Å²) in [6, 6.07) is 6.88. The van der Waals surface area contributed by atoms with Crippen molar-refractivity contribution >= 4 is 41.7 Å². The lowest BCUT2D eigenvalue weighted by atomic mass is 9.98. The first-order chi connectivity index (χ1) is 21.1. The SMILES string of the molecule is CC(C)(C)OC(=O)NC(CCOc1ccc(C(=O)C(=O)NC2CN(C(C(=O)O)c3ccc(OC(N)=O)cc3)C2=O)cc1)C(=O)O. The highest BCUT2D eigenvalue weighted by atomic mass is 16.6. The van der Waals surface area contributed by atoms with Gasteiger partial charge in [-0.3, -0.25) is 14.4 Å². The number of hydrogen-bond acceptors (Lipinski definition) is 10. The number of carbonyl (C=O) groups is 7. The van der Waals surface area contributed by atoms with Crippen molar-refractivity contribution in [1.82, 2.24) is 15.5 Å². The van der Waals surface area contributed by atoms with Crippen LogP contribution in [0.1, 0.15) is 49.2 Å². The summed E-state index contributed by atoms with van der Waals surface area (Å²) in [5, 5.41) is 23.6. The van der Waals surface area contributed by atoms with E-state index >= 15 is 0 Å². The molecule has 6 N–H and O–H groups in total. The zero-order chi connectivity index (χ0) is 33.5. The average Bonchev–Trinajstić information content (AvgIpc) is 2.95. The number of nitrogens with two attached hydrogens (primary N) is 1. The number of benzene rings is 2. The van der Waals surface area contributed by atoms with Crippen molar-refractivity contribution < 1.29 is 58.0 Å². The van der Waals surface area contributed by atoms with Gasteiger partial charge in [0.1, 0.15) is 29.2 Å². The molecule has 2 aromatic carbocycles. The van der Waals surface area contributed by atoms with Gasteiger partial charge in [0.25, 0.3) is 5.91 Å². The summed E-state index contributed by atoms with van der Waals surface area (Å²) in [4.78, 5) is 85.0. The van der Waals surface area contributed by atoms with E-state index in [1.807, 2.05) is 0 Å². The van der Waals surface area contributed by atoms with Gasteiger partial charge in [0.2, 0.25) is 11.7 Å². The Bertz CT molecular complexity index is 1470. The van der Waals surface area contributed by atoms with E-state index in [1.54, 1.807) is 20.8 Å². The molecule has 3 rings (SSSR count). The van der Waals surface area contributed by atoms with Crippen molar-refractivity contribution in [3.05, 3.63) is 59.7 Å². The van der Waals surface area contributed by atoms with Crippen LogP contribution in [0.2, 0.25) is 0 Å². The van der Waals surface area contributed by atoms with Gasteiger partial charge < -0.3 is 45.7 Å². The molecule has 1 aliphatic rings. The highest BCUT2D eigenvalue weighted by molar-refractivity contribution is 6.43. The molecule has 45 heavy (non-hydrogen) atoms. The molecular weight excluding hydrogens is 596 g/mol. The Morgan fingerprint density at radius 1 is 0.956 bits per heavy atom. The van der Waals surface area contributed by atoms with Crippen molar-refractivity contribution in [1.29, 1.82) is 0 Å². The quantitative estimate of drug-likeness (QED) is 0.120. The van der Waals surface area contributed by atoms with Gasteiger partial charge in [-0.1, -0.05) is 12.1 Å². The van der Waals surface area contributed by atoms with Crippen molar-refractivity contribution in [3.8, 4) is 11.5 Å². The number of primary amides is 1. The normalized spacial score (nSPS) is 15.5. The molecule has 0 spiro atoms. The van der Waals surface area contributed by atoms with Crippen LogP contribution in [0.4, 0.5) is 9.59 Å². The molecule has 0 aromatic heterocycles. The first-order valence-electron chi connectivity index (χ1n) is 13.5. The maximum atomic E-state index is 12.7. The molecule has 0 radical (unpaired) electrons. The van der Waals surface area contributed by atoms with Gasteiger partial charge in [0.05, 0.1) is 13.2 Å². The Balaban J connectivity index is 1.51. The largest absolute Gasteiger partial charge is 0.494 e. The third-order valence-electron chi connectivity index (χ3n) is 6.21. The number of likely N-dealkylation sites (tertiary alicyclic amines) is 1. The van der Waals surface area contributed by atoms with Gasteiger partial charge in [0, 0.05) is 12.0 Å². The van der Waals surface area contributed by atoms with Gasteiger partial charge in [-0.2, -0.15) is 0 Å². The van der Waals surface area contributed by atoms with E-state index in [2.05, 4.69) is 10.6 Å². The topological polar surface area (TPSA) is 241 Å². The van der Waals surface area contributed by atoms with E-state index in [0.29, 0.717) is 0 Å². The summed E-state index contributed by atoms with van der Waals surface area (Å²) in [5.41, 5.74) is 4.31.